The summed E-state index contributed by atoms with van der Waals surface area (Å²) in [5, 5.41) is 5.76. The quantitative estimate of drug-likeness (QED) is 0.487. The molecule has 1 aromatic carbocycles. The Labute approximate surface area is 206 Å². The van der Waals surface area contributed by atoms with Crippen LogP contribution in [0.15, 0.2) is 18.2 Å². The number of amides is 3. The average Bonchev–Trinajstić information content (AvgIpc) is 2.70. The zero-order valence-corrected chi connectivity index (χ0v) is 22.7. The predicted molar refractivity (Wildman–Crippen MR) is 137 cm³/mol. The molecule has 0 aromatic heterocycles. The predicted octanol–water partition coefficient (Wildman–Crippen LogP) is 5.19. The molecular formula is C27H45N3O4. The van der Waals surface area contributed by atoms with Crippen LogP contribution < -0.4 is 10.6 Å². The van der Waals surface area contributed by atoms with Gasteiger partial charge in [-0.25, -0.2) is 4.79 Å². The van der Waals surface area contributed by atoms with Gasteiger partial charge in [-0.05, 0) is 84.9 Å². The Hall–Kier alpha value is -2.57. The number of carbonyl (C=O) groups is 3. The standard InChI is InChI=1S/C27H45N3O4/c1-11-14-19(5)28-24(31)23(22-17(3)15-13-16-18(22)4)30(20(6)12-2)25(32)21(7)29-26(33)34-27(8,9)10/h13,15-16,19-21,23H,11-12,14H2,1-10H3,(H,28,31)(H,29,33). The molecule has 0 aliphatic heterocycles. The number of nitrogens with one attached hydrogen (secondary N) is 2. The Morgan fingerprint density at radius 1 is 1.00 bits per heavy atom. The molecule has 0 aliphatic carbocycles. The number of carbonyl (C=O) groups excluding carboxylic acids is 3. The molecule has 7 nitrogen and oxygen atoms in total. The summed E-state index contributed by atoms with van der Waals surface area (Å²) in [6.45, 7) is 18.8. The molecule has 4 unspecified atom stereocenters. The van der Waals surface area contributed by atoms with E-state index in [9.17, 15) is 14.4 Å². The van der Waals surface area contributed by atoms with E-state index >= 15 is 0 Å². The summed E-state index contributed by atoms with van der Waals surface area (Å²) in [6.07, 6.45) is 1.78. The van der Waals surface area contributed by atoms with Gasteiger partial charge < -0.3 is 20.3 Å². The topological polar surface area (TPSA) is 87.7 Å². The fourth-order valence-corrected chi connectivity index (χ4v) is 4.05. The van der Waals surface area contributed by atoms with Crippen LogP contribution in [0.4, 0.5) is 4.79 Å². The summed E-state index contributed by atoms with van der Waals surface area (Å²) in [7, 11) is 0. The van der Waals surface area contributed by atoms with Crippen LogP contribution in [0, 0.1) is 13.8 Å². The highest BCUT2D eigenvalue weighted by molar-refractivity contribution is 5.92. The second-order valence-electron chi connectivity index (χ2n) is 10.3. The molecule has 192 valence electrons. The van der Waals surface area contributed by atoms with Gasteiger partial charge in [-0.15, -0.1) is 0 Å². The maximum atomic E-state index is 13.8. The van der Waals surface area contributed by atoms with E-state index in [0.29, 0.717) is 6.42 Å². The summed E-state index contributed by atoms with van der Waals surface area (Å²) in [6, 6.07) is 3.94. The van der Waals surface area contributed by atoms with E-state index < -0.39 is 23.8 Å². The molecule has 1 rings (SSSR count). The fraction of sp³-hybridized carbons (Fsp3) is 0.667. The Balaban J connectivity index is 3.47. The lowest BCUT2D eigenvalue weighted by atomic mass is 9.92. The zero-order valence-electron chi connectivity index (χ0n) is 22.7. The van der Waals surface area contributed by atoms with Crippen LogP contribution in [-0.2, 0) is 14.3 Å². The minimum atomic E-state index is -0.864. The summed E-state index contributed by atoms with van der Waals surface area (Å²) in [5.74, 6) is -0.539. The Kier molecular flexibility index (Phi) is 11.1. The second-order valence-corrected chi connectivity index (χ2v) is 10.3. The molecule has 2 N–H and O–H groups in total. The van der Waals surface area contributed by atoms with Crippen molar-refractivity contribution in [3.05, 3.63) is 34.9 Å². The van der Waals surface area contributed by atoms with Crippen LogP contribution in [0.2, 0.25) is 0 Å². The van der Waals surface area contributed by atoms with Crippen molar-refractivity contribution >= 4 is 17.9 Å². The summed E-state index contributed by atoms with van der Waals surface area (Å²) in [4.78, 5) is 41.5. The maximum absolute atomic E-state index is 13.8. The van der Waals surface area contributed by atoms with Crippen molar-refractivity contribution in [2.45, 2.75) is 118 Å². The highest BCUT2D eigenvalue weighted by Gasteiger charge is 2.38. The highest BCUT2D eigenvalue weighted by atomic mass is 16.6. The summed E-state index contributed by atoms with van der Waals surface area (Å²) < 4.78 is 5.34. The van der Waals surface area contributed by atoms with Crippen molar-refractivity contribution in [1.29, 1.82) is 0 Å². The molecule has 34 heavy (non-hydrogen) atoms. The van der Waals surface area contributed by atoms with E-state index in [0.717, 1.165) is 29.5 Å². The van der Waals surface area contributed by atoms with Gasteiger partial charge in [0, 0.05) is 12.1 Å². The number of nitrogens with zero attached hydrogens (tertiary/aromatic N) is 1. The van der Waals surface area contributed by atoms with Gasteiger partial charge in [0.1, 0.15) is 17.7 Å². The zero-order chi connectivity index (χ0) is 26.2. The van der Waals surface area contributed by atoms with Crippen LogP contribution in [0.5, 0.6) is 0 Å². The number of benzene rings is 1. The van der Waals surface area contributed by atoms with Gasteiger partial charge in [0.2, 0.25) is 11.8 Å². The molecule has 0 heterocycles. The first-order chi connectivity index (χ1) is 15.7. The van der Waals surface area contributed by atoms with E-state index in [2.05, 4.69) is 17.6 Å². The first-order valence-electron chi connectivity index (χ1n) is 12.4. The van der Waals surface area contributed by atoms with Gasteiger partial charge in [-0.3, -0.25) is 9.59 Å². The lowest BCUT2D eigenvalue weighted by Gasteiger charge is -2.39. The van der Waals surface area contributed by atoms with Gasteiger partial charge in [0.15, 0.2) is 0 Å². The molecule has 0 saturated carbocycles. The van der Waals surface area contributed by atoms with Crippen molar-refractivity contribution in [2.24, 2.45) is 0 Å². The fourth-order valence-electron chi connectivity index (χ4n) is 4.05. The van der Waals surface area contributed by atoms with Crippen LogP contribution in [0.25, 0.3) is 0 Å². The van der Waals surface area contributed by atoms with Gasteiger partial charge in [-0.1, -0.05) is 38.5 Å². The molecule has 0 bridgehead atoms. The number of hydrogen-bond acceptors (Lipinski definition) is 4. The minimum absolute atomic E-state index is 0.0180. The van der Waals surface area contributed by atoms with Crippen molar-refractivity contribution in [3.63, 3.8) is 0 Å². The first-order valence-corrected chi connectivity index (χ1v) is 12.4. The van der Waals surface area contributed by atoms with Gasteiger partial charge in [-0.2, -0.15) is 0 Å². The molecule has 0 aliphatic rings. The Morgan fingerprint density at radius 3 is 2.03 bits per heavy atom. The number of alkyl carbamates (subject to hydrolysis) is 1. The van der Waals surface area contributed by atoms with E-state index in [1.54, 1.807) is 32.6 Å². The van der Waals surface area contributed by atoms with Crippen LogP contribution in [-0.4, -0.2) is 46.5 Å². The number of rotatable bonds is 10. The molecule has 4 atom stereocenters. The van der Waals surface area contributed by atoms with Crippen molar-refractivity contribution in [3.8, 4) is 0 Å². The van der Waals surface area contributed by atoms with Crippen molar-refractivity contribution < 1.29 is 19.1 Å². The largest absolute Gasteiger partial charge is 0.444 e. The smallest absolute Gasteiger partial charge is 0.408 e. The lowest BCUT2D eigenvalue weighted by molar-refractivity contribution is -0.145. The van der Waals surface area contributed by atoms with E-state index in [-0.39, 0.29) is 23.9 Å². The first kappa shape index (κ1) is 29.5. The third kappa shape index (κ3) is 8.33. The third-order valence-corrected chi connectivity index (χ3v) is 5.88. The van der Waals surface area contributed by atoms with E-state index in [1.165, 1.54) is 0 Å². The average molecular weight is 476 g/mol. The highest BCUT2D eigenvalue weighted by Crippen LogP contribution is 2.31. The molecule has 0 radical (unpaired) electrons. The van der Waals surface area contributed by atoms with Crippen LogP contribution >= 0.6 is 0 Å². The number of ether oxygens (including phenoxy) is 1. The molecule has 7 heteroatoms. The molecular weight excluding hydrogens is 430 g/mol. The van der Waals surface area contributed by atoms with E-state index in [1.807, 2.05) is 52.8 Å². The maximum Gasteiger partial charge on any atom is 0.408 e. The molecule has 0 fully saturated rings. The normalized spacial score (nSPS) is 15.0. The number of hydrogen-bond donors (Lipinski definition) is 2. The third-order valence-electron chi connectivity index (χ3n) is 5.88. The van der Waals surface area contributed by atoms with Crippen LogP contribution in [0.3, 0.4) is 0 Å². The second kappa shape index (κ2) is 12.8. The van der Waals surface area contributed by atoms with Gasteiger partial charge in [0.05, 0.1) is 0 Å². The Morgan fingerprint density at radius 2 is 1.56 bits per heavy atom. The molecule has 3 amide bonds. The van der Waals surface area contributed by atoms with Gasteiger partial charge >= 0.3 is 6.09 Å². The van der Waals surface area contributed by atoms with Crippen molar-refractivity contribution in [1.82, 2.24) is 15.5 Å². The molecule has 0 saturated heterocycles. The van der Waals surface area contributed by atoms with Crippen molar-refractivity contribution in [2.75, 3.05) is 0 Å². The Bertz CT molecular complexity index is 827. The minimum Gasteiger partial charge on any atom is -0.444 e. The van der Waals surface area contributed by atoms with Crippen LogP contribution in [0.1, 0.15) is 97.4 Å². The number of aryl methyl sites for hydroxylation is 2. The lowest BCUT2D eigenvalue weighted by Crippen LogP contribution is -2.55. The SMILES string of the molecule is CCCC(C)NC(=O)C(c1c(C)cccc1C)N(C(=O)C(C)NC(=O)OC(C)(C)C)C(C)CC. The monoisotopic (exact) mass is 475 g/mol. The van der Waals surface area contributed by atoms with E-state index in [4.69, 9.17) is 4.74 Å². The molecule has 0 spiro atoms. The van der Waals surface area contributed by atoms with Gasteiger partial charge in [0.25, 0.3) is 0 Å². The summed E-state index contributed by atoms with van der Waals surface area (Å²) >= 11 is 0. The molecule has 1 aromatic rings. The summed E-state index contributed by atoms with van der Waals surface area (Å²) in [5.41, 5.74) is 2.02.